The third kappa shape index (κ3) is 4.95. The summed E-state index contributed by atoms with van der Waals surface area (Å²) in [6.07, 6.45) is 0. The molecule has 0 atom stereocenters. The summed E-state index contributed by atoms with van der Waals surface area (Å²) in [5.41, 5.74) is 3.64. The monoisotopic (exact) mass is 256 g/mol. The molecule has 0 spiro atoms. The molecule has 0 fully saturated rings. The minimum Gasteiger partial charge on any atom is -0.324 e. The first kappa shape index (κ1) is 13.6. The van der Waals surface area contributed by atoms with Gasteiger partial charge in [-0.25, -0.2) is 4.57 Å². The Hall–Kier alpha value is -1.43. The second-order valence-electron chi connectivity index (χ2n) is 3.18. The van der Waals surface area contributed by atoms with E-state index in [1.165, 1.54) is 5.39 Å². The molecule has 0 unspecified atom stereocenters. The molecule has 0 saturated carbocycles. The number of nitrogens with one attached hydrogen (secondary N) is 1. The van der Waals surface area contributed by atoms with Crippen molar-refractivity contribution in [3.05, 3.63) is 42.5 Å². The molecule has 2 aromatic carbocycles. The summed E-state index contributed by atoms with van der Waals surface area (Å²) < 4.78 is 8.88. The zero-order chi connectivity index (χ0) is 12.9. The van der Waals surface area contributed by atoms with Crippen LogP contribution in [-0.2, 0) is 4.57 Å². The molecule has 7 heteroatoms. The molecule has 6 N–H and O–H groups in total. The second kappa shape index (κ2) is 5.77. The van der Waals surface area contributed by atoms with Crippen LogP contribution in [0.5, 0.6) is 0 Å². The molecule has 6 nitrogen and oxygen atoms in total. The fourth-order valence-electron chi connectivity index (χ4n) is 1.35. The SMILES string of the molecule is NNc1cccc2ccccc12.O=P(O)(O)O. The summed E-state index contributed by atoms with van der Waals surface area (Å²) in [7, 11) is -4.64. The van der Waals surface area contributed by atoms with Crippen LogP contribution in [0.2, 0.25) is 0 Å². The van der Waals surface area contributed by atoms with Crippen molar-refractivity contribution >= 4 is 24.3 Å². The smallest absolute Gasteiger partial charge is 0.324 e. The van der Waals surface area contributed by atoms with Crippen molar-refractivity contribution in [1.29, 1.82) is 0 Å². The van der Waals surface area contributed by atoms with Crippen LogP contribution >= 0.6 is 7.82 Å². The standard InChI is InChI=1S/C10H10N2.H3O4P/c11-12-10-7-3-5-8-4-1-2-6-9(8)10;1-5(2,3)4/h1-7,12H,11H2;(H3,1,2,3,4). The molecule has 0 bridgehead atoms. The number of phosphoric acid groups is 1. The number of anilines is 1. The maximum Gasteiger partial charge on any atom is 0.466 e. The van der Waals surface area contributed by atoms with Gasteiger partial charge in [-0.1, -0.05) is 36.4 Å². The van der Waals surface area contributed by atoms with Gasteiger partial charge in [-0.15, -0.1) is 0 Å². The van der Waals surface area contributed by atoms with E-state index in [0.29, 0.717) is 0 Å². The van der Waals surface area contributed by atoms with Gasteiger partial charge >= 0.3 is 7.82 Å². The van der Waals surface area contributed by atoms with Crippen LogP contribution < -0.4 is 11.3 Å². The average molecular weight is 256 g/mol. The number of fused-ring (bicyclic) bond motifs is 1. The number of rotatable bonds is 1. The van der Waals surface area contributed by atoms with Crippen LogP contribution in [-0.4, -0.2) is 14.7 Å². The highest BCUT2D eigenvalue weighted by molar-refractivity contribution is 7.45. The van der Waals surface area contributed by atoms with Gasteiger partial charge < -0.3 is 20.1 Å². The third-order valence-electron chi connectivity index (χ3n) is 1.95. The molecule has 0 saturated heterocycles. The Kier molecular flexibility index (Phi) is 4.62. The lowest BCUT2D eigenvalue weighted by Crippen LogP contribution is -2.06. The van der Waals surface area contributed by atoms with Crippen LogP contribution in [0.25, 0.3) is 10.8 Å². The molecule has 0 amide bonds. The number of hydrogen-bond donors (Lipinski definition) is 5. The lowest BCUT2D eigenvalue weighted by Gasteiger charge is -2.03. The minimum atomic E-state index is -4.64. The average Bonchev–Trinajstić information content (AvgIpc) is 2.26. The Labute approximate surface area is 97.9 Å². The number of nitrogens with two attached hydrogens (primary N) is 1. The number of benzene rings is 2. The first-order valence-corrected chi connectivity index (χ1v) is 6.21. The molecule has 17 heavy (non-hydrogen) atoms. The molecule has 2 aromatic rings. The number of hydrogen-bond acceptors (Lipinski definition) is 3. The summed E-state index contributed by atoms with van der Waals surface area (Å²) in [6, 6.07) is 14.1. The van der Waals surface area contributed by atoms with Crippen LogP contribution in [0.15, 0.2) is 42.5 Å². The number of nitrogen functional groups attached to an aromatic ring is 1. The zero-order valence-electron chi connectivity index (χ0n) is 8.82. The number of hydrazine groups is 1. The van der Waals surface area contributed by atoms with Crippen LogP contribution in [0.4, 0.5) is 5.69 Å². The topological polar surface area (TPSA) is 116 Å². The zero-order valence-corrected chi connectivity index (χ0v) is 9.71. The Morgan fingerprint density at radius 3 is 2.12 bits per heavy atom. The maximum atomic E-state index is 8.88. The van der Waals surface area contributed by atoms with E-state index in [-0.39, 0.29) is 0 Å². The molecule has 0 aromatic heterocycles. The second-order valence-corrected chi connectivity index (χ2v) is 4.21. The quantitative estimate of drug-likeness (QED) is 0.297. The van der Waals surface area contributed by atoms with E-state index in [4.69, 9.17) is 25.1 Å². The van der Waals surface area contributed by atoms with Gasteiger partial charge in [0.15, 0.2) is 0 Å². The Balaban J connectivity index is 0.000000249. The Morgan fingerprint density at radius 1 is 1.00 bits per heavy atom. The van der Waals surface area contributed by atoms with Gasteiger partial charge in [0.1, 0.15) is 0 Å². The first-order chi connectivity index (χ1) is 7.92. The highest BCUT2D eigenvalue weighted by atomic mass is 31.2. The summed E-state index contributed by atoms with van der Waals surface area (Å²) in [6.45, 7) is 0. The molecule has 92 valence electrons. The summed E-state index contributed by atoms with van der Waals surface area (Å²) in [5.74, 6) is 5.37. The van der Waals surface area contributed by atoms with Gasteiger partial charge in [-0.3, -0.25) is 5.84 Å². The highest BCUT2D eigenvalue weighted by Crippen LogP contribution is 2.25. The van der Waals surface area contributed by atoms with Crippen molar-refractivity contribution in [3.63, 3.8) is 0 Å². The van der Waals surface area contributed by atoms with E-state index >= 15 is 0 Å². The highest BCUT2D eigenvalue weighted by Gasteiger charge is 2.00. The van der Waals surface area contributed by atoms with Gasteiger partial charge in [0.25, 0.3) is 0 Å². The van der Waals surface area contributed by atoms with E-state index < -0.39 is 7.82 Å². The molecule has 0 aliphatic heterocycles. The lowest BCUT2D eigenvalue weighted by atomic mass is 10.1. The molecular weight excluding hydrogens is 243 g/mol. The van der Waals surface area contributed by atoms with Gasteiger partial charge in [0, 0.05) is 5.39 Å². The summed E-state index contributed by atoms with van der Waals surface area (Å²) in [5, 5.41) is 2.36. The molecule has 2 rings (SSSR count). The molecule has 0 aliphatic rings. The van der Waals surface area contributed by atoms with Crippen LogP contribution in [0, 0.1) is 0 Å². The normalized spacial score (nSPS) is 10.6. The van der Waals surface area contributed by atoms with Crippen LogP contribution in [0.1, 0.15) is 0 Å². The van der Waals surface area contributed by atoms with Gasteiger partial charge in [0.05, 0.1) is 5.69 Å². The van der Waals surface area contributed by atoms with Crippen molar-refractivity contribution in [1.82, 2.24) is 0 Å². The Bertz CT molecular complexity index is 527. The van der Waals surface area contributed by atoms with Crippen LogP contribution in [0.3, 0.4) is 0 Å². The van der Waals surface area contributed by atoms with Gasteiger partial charge in [-0.05, 0) is 11.5 Å². The van der Waals surface area contributed by atoms with E-state index in [1.807, 2.05) is 30.3 Å². The maximum absolute atomic E-state index is 8.88. The molecule has 0 aliphatic carbocycles. The van der Waals surface area contributed by atoms with E-state index in [9.17, 15) is 0 Å². The predicted octanol–water partition coefficient (Wildman–Crippen LogP) is 1.20. The predicted molar refractivity (Wildman–Crippen MR) is 66.0 cm³/mol. The van der Waals surface area contributed by atoms with E-state index in [0.717, 1.165) is 11.1 Å². The fraction of sp³-hybridized carbons (Fsp3) is 0. The first-order valence-electron chi connectivity index (χ1n) is 4.64. The lowest BCUT2D eigenvalue weighted by molar-refractivity contribution is 0.275. The van der Waals surface area contributed by atoms with Crippen molar-refractivity contribution in [2.45, 2.75) is 0 Å². The third-order valence-corrected chi connectivity index (χ3v) is 1.95. The summed E-state index contributed by atoms with van der Waals surface area (Å²) in [4.78, 5) is 21.6. The largest absolute Gasteiger partial charge is 0.466 e. The van der Waals surface area contributed by atoms with Crippen molar-refractivity contribution < 1.29 is 19.2 Å². The molecular formula is C10H13N2O4P. The fourth-order valence-corrected chi connectivity index (χ4v) is 1.35. The summed E-state index contributed by atoms with van der Waals surface area (Å²) >= 11 is 0. The van der Waals surface area contributed by atoms with E-state index in [2.05, 4.69) is 17.6 Å². The van der Waals surface area contributed by atoms with E-state index in [1.54, 1.807) is 0 Å². The van der Waals surface area contributed by atoms with Gasteiger partial charge in [-0.2, -0.15) is 0 Å². The molecule has 0 heterocycles. The minimum absolute atomic E-state index is 0.966. The van der Waals surface area contributed by atoms with Crippen molar-refractivity contribution in [2.75, 3.05) is 5.43 Å². The molecule has 0 radical (unpaired) electrons. The van der Waals surface area contributed by atoms with Crippen molar-refractivity contribution in [2.24, 2.45) is 5.84 Å². The Morgan fingerprint density at radius 2 is 1.53 bits per heavy atom. The van der Waals surface area contributed by atoms with Gasteiger partial charge in [0.2, 0.25) is 0 Å². The van der Waals surface area contributed by atoms with Crippen molar-refractivity contribution in [3.8, 4) is 0 Å².